The van der Waals surface area contributed by atoms with Crippen molar-refractivity contribution in [2.75, 3.05) is 13.7 Å². The number of nitrogens with zero attached hydrogens (tertiary/aromatic N) is 2. The lowest BCUT2D eigenvalue weighted by Gasteiger charge is -2.17. The van der Waals surface area contributed by atoms with Crippen molar-refractivity contribution in [1.82, 2.24) is 20.2 Å². The molecule has 4 rings (SSSR count). The summed E-state index contributed by atoms with van der Waals surface area (Å²) in [5.41, 5.74) is 1.50. The van der Waals surface area contributed by atoms with Crippen molar-refractivity contribution < 1.29 is 14.3 Å². The van der Waals surface area contributed by atoms with Gasteiger partial charge < -0.3 is 10.1 Å². The van der Waals surface area contributed by atoms with Crippen LogP contribution in [0.4, 0.5) is 4.79 Å². The molecule has 0 fully saturated rings. The van der Waals surface area contributed by atoms with Crippen molar-refractivity contribution in [3.63, 3.8) is 0 Å². The lowest BCUT2D eigenvalue weighted by molar-refractivity contribution is -0.119. The summed E-state index contributed by atoms with van der Waals surface area (Å²) in [5.74, 6) is 0.0727. The van der Waals surface area contributed by atoms with Crippen molar-refractivity contribution in [1.29, 1.82) is 0 Å². The SMILES string of the molecule is CCNC(=O)NC(=O)C(C)Sc1nc2sc3c(c2c(=O)n1-c1ccccc1OC)CCCC3. The highest BCUT2D eigenvalue weighted by molar-refractivity contribution is 8.00. The molecule has 2 heterocycles. The number of carbonyl (C=O) groups is 2. The van der Waals surface area contributed by atoms with Gasteiger partial charge in [-0.3, -0.25) is 19.5 Å². The van der Waals surface area contributed by atoms with Crippen LogP contribution >= 0.6 is 23.1 Å². The molecular formula is C23H26N4O4S2. The molecule has 1 aliphatic carbocycles. The molecule has 2 N–H and O–H groups in total. The first kappa shape index (κ1) is 23.3. The number of methoxy groups -OCH3 is 1. The number of urea groups is 1. The van der Waals surface area contributed by atoms with E-state index >= 15 is 0 Å². The second kappa shape index (κ2) is 9.96. The van der Waals surface area contributed by atoms with E-state index in [0.717, 1.165) is 43.0 Å². The minimum absolute atomic E-state index is 0.164. The Hall–Kier alpha value is -2.85. The van der Waals surface area contributed by atoms with Gasteiger partial charge in [-0.15, -0.1) is 11.3 Å². The van der Waals surface area contributed by atoms with Gasteiger partial charge >= 0.3 is 6.03 Å². The Bertz CT molecular complexity index is 1270. The quantitative estimate of drug-likeness (QED) is 0.407. The third kappa shape index (κ3) is 4.63. The molecular weight excluding hydrogens is 460 g/mol. The predicted octanol–water partition coefficient (Wildman–Crippen LogP) is 3.66. The maximum Gasteiger partial charge on any atom is 0.321 e. The number of fused-ring (bicyclic) bond motifs is 3. The van der Waals surface area contributed by atoms with Crippen LogP contribution in [0, 0.1) is 0 Å². The highest BCUT2D eigenvalue weighted by atomic mass is 32.2. The second-order valence-corrected chi connectivity index (χ2v) is 10.1. The summed E-state index contributed by atoms with van der Waals surface area (Å²) < 4.78 is 7.05. The van der Waals surface area contributed by atoms with Gasteiger partial charge in [0.1, 0.15) is 10.6 Å². The molecule has 0 radical (unpaired) electrons. The molecule has 8 nitrogen and oxygen atoms in total. The molecule has 1 aliphatic rings. The van der Waals surface area contributed by atoms with E-state index in [0.29, 0.717) is 33.4 Å². The molecule has 0 saturated carbocycles. The Morgan fingerprint density at radius 1 is 1.27 bits per heavy atom. The summed E-state index contributed by atoms with van der Waals surface area (Å²) in [4.78, 5) is 45.0. The third-order valence-corrected chi connectivity index (χ3v) is 7.75. The Labute approximate surface area is 199 Å². The van der Waals surface area contributed by atoms with E-state index in [2.05, 4.69) is 10.6 Å². The molecule has 174 valence electrons. The summed E-state index contributed by atoms with van der Waals surface area (Å²) in [6, 6.07) is 6.70. The van der Waals surface area contributed by atoms with Gasteiger partial charge in [0, 0.05) is 11.4 Å². The Morgan fingerprint density at radius 3 is 2.79 bits per heavy atom. The summed E-state index contributed by atoms with van der Waals surface area (Å²) in [6.45, 7) is 3.87. The first-order valence-electron chi connectivity index (χ1n) is 10.9. The lowest BCUT2D eigenvalue weighted by Crippen LogP contribution is -2.42. The molecule has 3 amide bonds. The number of ether oxygens (including phenoxy) is 1. The third-order valence-electron chi connectivity index (χ3n) is 5.51. The van der Waals surface area contributed by atoms with Crippen molar-refractivity contribution in [3.8, 4) is 11.4 Å². The smallest absolute Gasteiger partial charge is 0.321 e. The van der Waals surface area contributed by atoms with E-state index in [1.54, 1.807) is 44.4 Å². The summed E-state index contributed by atoms with van der Waals surface area (Å²) in [7, 11) is 1.55. The molecule has 1 atom stereocenters. The number of imide groups is 1. The standard InChI is InChI=1S/C23H26N4O4S2/c1-4-24-22(30)25-19(28)13(2)32-23-26-20-18(14-9-5-8-12-17(14)33-20)21(29)27(23)15-10-6-7-11-16(15)31-3/h6-7,10-11,13H,4-5,8-9,12H2,1-3H3,(H2,24,25,28,30). The number of rotatable bonds is 6. The molecule has 10 heteroatoms. The van der Waals surface area contributed by atoms with Gasteiger partial charge in [-0.1, -0.05) is 23.9 Å². The average molecular weight is 487 g/mol. The monoisotopic (exact) mass is 486 g/mol. The maximum atomic E-state index is 13.9. The van der Waals surface area contributed by atoms with Crippen molar-refractivity contribution in [3.05, 3.63) is 45.1 Å². The fourth-order valence-electron chi connectivity index (χ4n) is 3.92. The van der Waals surface area contributed by atoms with E-state index in [4.69, 9.17) is 9.72 Å². The van der Waals surface area contributed by atoms with Crippen LogP contribution in [0.1, 0.15) is 37.1 Å². The number of carbonyl (C=O) groups excluding carboxylic acids is 2. The van der Waals surface area contributed by atoms with Crippen LogP contribution in [0.25, 0.3) is 15.9 Å². The van der Waals surface area contributed by atoms with Crippen LogP contribution in [0.2, 0.25) is 0 Å². The van der Waals surface area contributed by atoms with Crippen molar-refractivity contribution >= 4 is 45.3 Å². The van der Waals surface area contributed by atoms with Gasteiger partial charge in [0.15, 0.2) is 5.16 Å². The minimum atomic E-state index is -0.660. The molecule has 0 spiro atoms. The molecule has 0 aliphatic heterocycles. The molecule has 1 aromatic carbocycles. The van der Waals surface area contributed by atoms with Gasteiger partial charge in [-0.05, 0) is 57.2 Å². The van der Waals surface area contributed by atoms with Crippen LogP contribution in [-0.4, -0.2) is 40.4 Å². The predicted molar refractivity (Wildman–Crippen MR) is 131 cm³/mol. The number of aromatic nitrogens is 2. The zero-order valence-corrected chi connectivity index (χ0v) is 20.4. The molecule has 2 aromatic heterocycles. The minimum Gasteiger partial charge on any atom is -0.495 e. The normalized spacial score (nSPS) is 13.9. The van der Waals surface area contributed by atoms with Crippen LogP contribution in [-0.2, 0) is 17.6 Å². The van der Waals surface area contributed by atoms with Crippen LogP contribution in [0.3, 0.4) is 0 Å². The molecule has 33 heavy (non-hydrogen) atoms. The number of para-hydroxylation sites is 2. The number of thiophene rings is 1. The number of nitrogens with one attached hydrogen (secondary N) is 2. The first-order valence-corrected chi connectivity index (χ1v) is 12.6. The average Bonchev–Trinajstić information content (AvgIpc) is 3.18. The zero-order valence-electron chi connectivity index (χ0n) is 18.8. The number of aryl methyl sites for hydroxylation is 2. The Balaban J connectivity index is 1.83. The van der Waals surface area contributed by atoms with E-state index in [1.807, 2.05) is 12.1 Å². The van der Waals surface area contributed by atoms with E-state index in [9.17, 15) is 14.4 Å². The first-order chi connectivity index (χ1) is 15.9. The fourth-order valence-corrected chi connectivity index (χ4v) is 6.14. The summed E-state index contributed by atoms with van der Waals surface area (Å²) in [5, 5.41) is 5.25. The molecule has 0 bridgehead atoms. The number of amides is 3. The van der Waals surface area contributed by atoms with E-state index in [1.165, 1.54) is 9.44 Å². The fraction of sp³-hybridized carbons (Fsp3) is 0.391. The van der Waals surface area contributed by atoms with Crippen molar-refractivity contribution in [2.24, 2.45) is 0 Å². The molecule has 1 unspecified atom stereocenters. The van der Waals surface area contributed by atoms with Gasteiger partial charge in [-0.25, -0.2) is 9.78 Å². The van der Waals surface area contributed by atoms with E-state index in [-0.39, 0.29) is 5.56 Å². The van der Waals surface area contributed by atoms with Gasteiger partial charge in [0.05, 0.1) is 23.4 Å². The lowest BCUT2D eigenvalue weighted by atomic mass is 9.97. The largest absolute Gasteiger partial charge is 0.495 e. The second-order valence-electron chi connectivity index (χ2n) is 7.71. The summed E-state index contributed by atoms with van der Waals surface area (Å²) in [6.07, 6.45) is 3.99. The molecule has 0 saturated heterocycles. The van der Waals surface area contributed by atoms with Crippen molar-refractivity contribution in [2.45, 2.75) is 49.9 Å². The van der Waals surface area contributed by atoms with Gasteiger partial charge in [-0.2, -0.15) is 0 Å². The highest BCUT2D eigenvalue weighted by Gasteiger charge is 2.26. The highest BCUT2D eigenvalue weighted by Crippen LogP contribution is 2.36. The van der Waals surface area contributed by atoms with Crippen LogP contribution < -0.4 is 20.9 Å². The van der Waals surface area contributed by atoms with E-state index < -0.39 is 17.2 Å². The van der Waals surface area contributed by atoms with Gasteiger partial charge in [0.25, 0.3) is 5.56 Å². The number of hydrogen-bond donors (Lipinski definition) is 2. The molecule has 3 aromatic rings. The Morgan fingerprint density at radius 2 is 2.03 bits per heavy atom. The zero-order chi connectivity index (χ0) is 23.5. The number of benzene rings is 1. The summed E-state index contributed by atoms with van der Waals surface area (Å²) >= 11 is 2.70. The number of thioether (sulfide) groups is 1. The topological polar surface area (TPSA) is 102 Å². The Kier molecular flexibility index (Phi) is 7.04. The van der Waals surface area contributed by atoms with Gasteiger partial charge in [0.2, 0.25) is 5.91 Å². The van der Waals surface area contributed by atoms with Crippen LogP contribution in [0.15, 0.2) is 34.2 Å². The number of hydrogen-bond acceptors (Lipinski definition) is 7. The van der Waals surface area contributed by atoms with Crippen LogP contribution in [0.5, 0.6) is 5.75 Å². The maximum absolute atomic E-state index is 13.9.